The van der Waals surface area contributed by atoms with E-state index in [1.165, 1.54) is 41.5 Å². The van der Waals surface area contributed by atoms with E-state index in [1.807, 2.05) is 0 Å². The highest BCUT2D eigenvalue weighted by Crippen LogP contribution is 2.20. The molecule has 1 fully saturated rings. The van der Waals surface area contributed by atoms with Crippen LogP contribution in [0.1, 0.15) is 37.0 Å². The fraction of sp³-hybridized carbons (Fsp3) is 0.692. The first kappa shape index (κ1) is 13.5. The van der Waals surface area contributed by atoms with Crippen LogP contribution < -0.4 is 5.32 Å². The van der Waals surface area contributed by atoms with Crippen molar-refractivity contribution in [2.45, 2.75) is 44.8 Å². The van der Waals surface area contributed by atoms with Crippen molar-refractivity contribution < 1.29 is 4.74 Å². The molecule has 2 rings (SSSR count). The topological polar surface area (TPSA) is 21.3 Å². The average Bonchev–Trinajstić information content (AvgIpc) is 2.76. The molecule has 17 heavy (non-hydrogen) atoms. The summed E-state index contributed by atoms with van der Waals surface area (Å²) in [6, 6.07) is 2.17. The molecule has 1 aliphatic rings. The Morgan fingerprint density at radius 2 is 2.18 bits per heavy atom. The molecule has 1 heterocycles. The minimum atomic E-state index is 0.529. The van der Waals surface area contributed by atoms with Crippen molar-refractivity contribution in [3.8, 4) is 0 Å². The van der Waals surface area contributed by atoms with Crippen LogP contribution in [0.2, 0.25) is 0 Å². The highest BCUT2D eigenvalue weighted by molar-refractivity contribution is 9.10. The number of hydrogen-bond acceptors (Lipinski definition) is 3. The van der Waals surface area contributed by atoms with E-state index in [0.29, 0.717) is 6.10 Å². The van der Waals surface area contributed by atoms with Crippen LogP contribution in [0.3, 0.4) is 0 Å². The van der Waals surface area contributed by atoms with Gasteiger partial charge in [-0.3, -0.25) is 0 Å². The molecule has 0 saturated heterocycles. The van der Waals surface area contributed by atoms with E-state index in [1.54, 1.807) is 11.3 Å². The lowest BCUT2D eigenvalue weighted by Gasteiger charge is -2.21. The van der Waals surface area contributed by atoms with Crippen molar-refractivity contribution in [2.75, 3.05) is 13.2 Å². The summed E-state index contributed by atoms with van der Waals surface area (Å²) in [4.78, 5) is 1.37. The van der Waals surface area contributed by atoms with E-state index >= 15 is 0 Å². The van der Waals surface area contributed by atoms with Crippen LogP contribution in [0.15, 0.2) is 15.9 Å². The molecule has 2 nitrogen and oxygen atoms in total. The van der Waals surface area contributed by atoms with Gasteiger partial charge in [-0.1, -0.05) is 19.3 Å². The van der Waals surface area contributed by atoms with Crippen molar-refractivity contribution in [1.29, 1.82) is 0 Å². The molecule has 0 aromatic carbocycles. The normalized spacial score (nSPS) is 17.5. The third-order valence-corrected chi connectivity index (χ3v) is 4.80. The van der Waals surface area contributed by atoms with E-state index in [0.717, 1.165) is 19.7 Å². The molecule has 4 heteroatoms. The lowest BCUT2D eigenvalue weighted by Crippen LogP contribution is -2.24. The molecule has 0 atom stereocenters. The van der Waals surface area contributed by atoms with Crippen molar-refractivity contribution in [1.82, 2.24) is 5.32 Å². The third-order valence-electron chi connectivity index (χ3n) is 3.11. The van der Waals surface area contributed by atoms with Crippen molar-refractivity contribution >= 4 is 27.3 Å². The van der Waals surface area contributed by atoms with E-state index < -0.39 is 0 Å². The van der Waals surface area contributed by atoms with Gasteiger partial charge in [0, 0.05) is 27.8 Å². The highest BCUT2D eigenvalue weighted by Gasteiger charge is 2.12. The zero-order chi connectivity index (χ0) is 11.9. The van der Waals surface area contributed by atoms with Crippen LogP contribution in [0.4, 0.5) is 0 Å². The monoisotopic (exact) mass is 317 g/mol. The van der Waals surface area contributed by atoms with Gasteiger partial charge < -0.3 is 10.1 Å². The predicted molar refractivity (Wildman–Crippen MR) is 76.6 cm³/mol. The maximum atomic E-state index is 5.86. The Morgan fingerprint density at radius 3 is 2.88 bits per heavy atom. The Hall–Kier alpha value is 0.1000. The fourth-order valence-electron chi connectivity index (χ4n) is 2.19. The van der Waals surface area contributed by atoms with E-state index in [2.05, 4.69) is 32.7 Å². The molecular formula is C13H20BrNOS. The minimum Gasteiger partial charge on any atom is -0.377 e. The van der Waals surface area contributed by atoms with Crippen molar-refractivity contribution in [3.63, 3.8) is 0 Å². The molecule has 1 N–H and O–H groups in total. The van der Waals surface area contributed by atoms with Gasteiger partial charge in [-0.05, 0) is 34.8 Å². The molecule has 0 bridgehead atoms. The molecule has 0 spiro atoms. The molecule has 1 aromatic heterocycles. The van der Waals surface area contributed by atoms with Crippen LogP contribution in [0.25, 0.3) is 0 Å². The molecule has 0 amide bonds. The number of rotatable bonds is 6. The lowest BCUT2D eigenvalue weighted by atomic mass is 9.98. The van der Waals surface area contributed by atoms with Gasteiger partial charge in [0.25, 0.3) is 0 Å². The van der Waals surface area contributed by atoms with Gasteiger partial charge in [0.05, 0.1) is 12.7 Å². The van der Waals surface area contributed by atoms with Crippen LogP contribution in [0, 0.1) is 0 Å². The van der Waals surface area contributed by atoms with Gasteiger partial charge in [-0.15, -0.1) is 11.3 Å². The van der Waals surface area contributed by atoms with Crippen molar-refractivity contribution in [3.05, 3.63) is 20.8 Å². The number of halogens is 1. The number of thiophene rings is 1. The third kappa shape index (κ3) is 5.08. The second-order valence-electron chi connectivity index (χ2n) is 4.54. The zero-order valence-electron chi connectivity index (χ0n) is 10.1. The lowest BCUT2D eigenvalue weighted by molar-refractivity contribution is 0.0302. The van der Waals surface area contributed by atoms with Gasteiger partial charge in [0.1, 0.15) is 0 Å². The first-order valence-electron chi connectivity index (χ1n) is 6.40. The fourth-order valence-corrected chi connectivity index (χ4v) is 3.61. The van der Waals surface area contributed by atoms with E-state index in [-0.39, 0.29) is 0 Å². The molecule has 1 aromatic rings. The highest BCUT2D eigenvalue weighted by atomic mass is 79.9. The second-order valence-corrected chi connectivity index (χ2v) is 6.45. The summed E-state index contributed by atoms with van der Waals surface area (Å²) < 4.78 is 7.04. The van der Waals surface area contributed by atoms with Crippen LogP contribution in [-0.4, -0.2) is 19.3 Å². The number of ether oxygens (including phenoxy) is 1. The second kappa shape index (κ2) is 7.52. The summed E-state index contributed by atoms with van der Waals surface area (Å²) in [5.74, 6) is 0. The number of nitrogens with one attached hydrogen (secondary N) is 1. The van der Waals surface area contributed by atoms with Gasteiger partial charge in [-0.2, -0.15) is 0 Å². The summed E-state index contributed by atoms with van der Waals surface area (Å²) in [5, 5.41) is 5.54. The Balaban J connectivity index is 1.51. The molecular weight excluding hydrogens is 298 g/mol. The van der Waals surface area contributed by atoms with E-state index in [4.69, 9.17) is 4.74 Å². The van der Waals surface area contributed by atoms with E-state index in [9.17, 15) is 0 Å². The largest absolute Gasteiger partial charge is 0.377 e. The van der Waals surface area contributed by atoms with Crippen LogP contribution >= 0.6 is 27.3 Å². The minimum absolute atomic E-state index is 0.529. The van der Waals surface area contributed by atoms with Gasteiger partial charge in [-0.25, -0.2) is 0 Å². The first-order chi connectivity index (χ1) is 8.34. The quantitative estimate of drug-likeness (QED) is 0.802. The molecule has 0 unspecified atom stereocenters. The Labute approximate surface area is 116 Å². The molecule has 1 aliphatic carbocycles. The molecule has 0 radical (unpaired) electrons. The maximum absolute atomic E-state index is 5.86. The SMILES string of the molecule is Brc1csc(CNCCOC2CCCCC2)c1. The van der Waals surface area contributed by atoms with Crippen LogP contribution in [-0.2, 0) is 11.3 Å². The Kier molecular flexibility index (Phi) is 5.98. The summed E-state index contributed by atoms with van der Waals surface area (Å²) in [7, 11) is 0. The summed E-state index contributed by atoms with van der Waals surface area (Å²) in [5.41, 5.74) is 0. The molecule has 96 valence electrons. The summed E-state index contributed by atoms with van der Waals surface area (Å²) in [6.45, 7) is 2.74. The first-order valence-corrected chi connectivity index (χ1v) is 8.07. The summed E-state index contributed by atoms with van der Waals surface area (Å²) >= 11 is 5.25. The maximum Gasteiger partial charge on any atom is 0.0594 e. The Bertz CT molecular complexity index is 323. The predicted octanol–water partition coefficient (Wildman–Crippen LogP) is 3.95. The molecule has 1 saturated carbocycles. The standard InChI is InChI=1S/C13H20BrNOS/c14-11-8-13(17-10-11)9-15-6-7-16-12-4-2-1-3-5-12/h8,10,12,15H,1-7,9H2. The summed E-state index contributed by atoms with van der Waals surface area (Å²) in [6.07, 6.45) is 7.14. The van der Waals surface area contributed by atoms with Gasteiger partial charge in [0.2, 0.25) is 0 Å². The average molecular weight is 318 g/mol. The van der Waals surface area contributed by atoms with Crippen molar-refractivity contribution in [2.24, 2.45) is 0 Å². The van der Waals surface area contributed by atoms with Gasteiger partial charge >= 0.3 is 0 Å². The van der Waals surface area contributed by atoms with Gasteiger partial charge in [0.15, 0.2) is 0 Å². The smallest absolute Gasteiger partial charge is 0.0594 e. The Morgan fingerprint density at radius 1 is 1.35 bits per heavy atom. The molecule has 0 aliphatic heterocycles. The zero-order valence-corrected chi connectivity index (χ0v) is 12.5. The number of hydrogen-bond donors (Lipinski definition) is 1. The van der Waals surface area contributed by atoms with Crippen LogP contribution in [0.5, 0.6) is 0 Å².